The molecule has 0 aliphatic carbocycles. The summed E-state index contributed by atoms with van der Waals surface area (Å²) in [6.07, 6.45) is 0. The van der Waals surface area contributed by atoms with Crippen molar-refractivity contribution < 1.29 is 24.2 Å². The lowest BCUT2D eigenvalue weighted by Crippen LogP contribution is -2.39. The van der Waals surface area contributed by atoms with Crippen LogP contribution < -0.4 is 14.8 Å². The monoisotopic (exact) mass is 282 g/mol. The minimum atomic E-state index is -1.06. The fourth-order valence-electron chi connectivity index (χ4n) is 1.58. The van der Waals surface area contributed by atoms with Crippen LogP contribution in [0.25, 0.3) is 0 Å². The van der Waals surface area contributed by atoms with Crippen molar-refractivity contribution in [3.8, 4) is 11.5 Å². The predicted molar refractivity (Wildman–Crippen MR) is 72.0 cm³/mol. The quantitative estimate of drug-likeness (QED) is 0.810. The molecule has 0 aliphatic heterocycles. The molecule has 0 fully saturated rings. The number of urea groups is 1. The molecular weight excluding hydrogens is 264 g/mol. The zero-order valence-electron chi connectivity index (χ0n) is 11.7. The molecule has 0 heterocycles. The number of methoxy groups -OCH3 is 2. The Morgan fingerprint density at radius 2 is 1.90 bits per heavy atom. The van der Waals surface area contributed by atoms with Gasteiger partial charge in [0.15, 0.2) is 11.5 Å². The van der Waals surface area contributed by atoms with E-state index in [1.807, 2.05) is 0 Å². The number of hydrogen-bond acceptors (Lipinski definition) is 4. The number of ether oxygens (including phenoxy) is 2. The van der Waals surface area contributed by atoms with Crippen LogP contribution >= 0.6 is 0 Å². The summed E-state index contributed by atoms with van der Waals surface area (Å²) in [4.78, 5) is 23.2. The Balaban J connectivity index is 2.61. The van der Waals surface area contributed by atoms with Crippen molar-refractivity contribution in [2.75, 3.05) is 27.8 Å². The van der Waals surface area contributed by atoms with E-state index in [0.29, 0.717) is 11.5 Å². The molecule has 7 nitrogen and oxygen atoms in total. The molecule has 7 heteroatoms. The number of carbonyl (C=O) groups excluding carboxylic acids is 1. The average molecular weight is 282 g/mol. The molecule has 0 saturated heterocycles. The molecule has 0 aliphatic rings. The zero-order valence-corrected chi connectivity index (χ0v) is 11.7. The summed E-state index contributed by atoms with van der Waals surface area (Å²) in [6, 6.07) is 4.82. The SMILES string of the molecule is COc1ccc(CNC(=O)N(C)CC(=O)O)cc1OC. The van der Waals surface area contributed by atoms with Gasteiger partial charge in [-0.1, -0.05) is 6.07 Å². The number of carboxylic acid groups (broad SMARTS) is 1. The molecule has 0 atom stereocenters. The number of benzene rings is 1. The minimum Gasteiger partial charge on any atom is -0.493 e. The third-order valence-corrected chi connectivity index (χ3v) is 2.61. The van der Waals surface area contributed by atoms with E-state index in [0.717, 1.165) is 10.5 Å². The first-order valence-corrected chi connectivity index (χ1v) is 5.89. The van der Waals surface area contributed by atoms with Crippen LogP contribution in [0.5, 0.6) is 11.5 Å². The lowest BCUT2D eigenvalue weighted by atomic mass is 10.2. The lowest BCUT2D eigenvalue weighted by Gasteiger charge is -2.16. The lowest BCUT2D eigenvalue weighted by molar-refractivity contribution is -0.137. The van der Waals surface area contributed by atoms with Crippen molar-refractivity contribution in [1.82, 2.24) is 10.2 Å². The topological polar surface area (TPSA) is 88.1 Å². The summed E-state index contributed by atoms with van der Waals surface area (Å²) >= 11 is 0. The summed E-state index contributed by atoms with van der Waals surface area (Å²) in [6.45, 7) is -0.0824. The number of nitrogens with zero attached hydrogens (tertiary/aromatic N) is 1. The first-order valence-electron chi connectivity index (χ1n) is 5.89. The van der Waals surface area contributed by atoms with Gasteiger partial charge < -0.3 is 24.8 Å². The second kappa shape index (κ2) is 7.22. The largest absolute Gasteiger partial charge is 0.493 e. The Hall–Kier alpha value is -2.44. The van der Waals surface area contributed by atoms with Crippen molar-refractivity contribution >= 4 is 12.0 Å². The Morgan fingerprint density at radius 3 is 2.45 bits per heavy atom. The highest BCUT2D eigenvalue weighted by Gasteiger charge is 2.12. The van der Waals surface area contributed by atoms with E-state index in [2.05, 4.69) is 5.32 Å². The number of aliphatic carboxylic acids is 1. The molecule has 0 radical (unpaired) electrons. The van der Waals surface area contributed by atoms with Crippen molar-refractivity contribution in [1.29, 1.82) is 0 Å². The van der Waals surface area contributed by atoms with E-state index < -0.39 is 12.0 Å². The van der Waals surface area contributed by atoms with Crippen molar-refractivity contribution in [3.63, 3.8) is 0 Å². The average Bonchev–Trinajstić information content (AvgIpc) is 2.43. The highest BCUT2D eigenvalue weighted by Crippen LogP contribution is 2.27. The van der Waals surface area contributed by atoms with Gasteiger partial charge in [-0.2, -0.15) is 0 Å². The Bertz CT molecular complexity index is 490. The van der Waals surface area contributed by atoms with E-state index in [-0.39, 0.29) is 13.1 Å². The highest BCUT2D eigenvalue weighted by molar-refractivity contribution is 5.79. The molecule has 1 aromatic carbocycles. The Morgan fingerprint density at radius 1 is 1.25 bits per heavy atom. The van der Waals surface area contributed by atoms with Gasteiger partial charge >= 0.3 is 12.0 Å². The maximum absolute atomic E-state index is 11.6. The Kier molecular flexibility index (Phi) is 5.64. The molecular formula is C13H18N2O5. The molecule has 1 aromatic rings. The Labute approximate surface area is 117 Å². The molecule has 20 heavy (non-hydrogen) atoms. The van der Waals surface area contributed by atoms with Gasteiger partial charge in [-0.15, -0.1) is 0 Å². The van der Waals surface area contributed by atoms with Crippen LogP contribution in [-0.4, -0.2) is 49.8 Å². The van der Waals surface area contributed by atoms with Crippen LogP contribution in [0, 0.1) is 0 Å². The molecule has 2 N–H and O–H groups in total. The third-order valence-electron chi connectivity index (χ3n) is 2.61. The van der Waals surface area contributed by atoms with Gasteiger partial charge in [0.05, 0.1) is 14.2 Å². The molecule has 110 valence electrons. The van der Waals surface area contributed by atoms with Crippen molar-refractivity contribution in [3.05, 3.63) is 23.8 Å². The number of likely N-dealkylation sites (N-methyl/N-ethyl adjacent to an activating group) is 1. The van der Waals surface area contributed by atoms with Gasteiger partial charge in [-0.25, -0.2) is 4.79 Å². The predicted octanol–water partition coefficient (Wildman–Crippen LogP) is 0.930. The molecule has 0 saturated carbocycles. The first kappa shape index (κ1) is 15.6. The summed E-state index contributed by atoms with van der Waals surface area (Å²) in [7, 11) is 4.49. The van der Waals surface area contributed by atoms with Crippen LogP contribution in [0.4, 0.5) is 4.79 Å². The fourth-order valence-corrected chi connectivity index (χ4v) is 1.58. The van der Waals surface area contributed by atoms with Gasteiger partial charge in [0, 0.05) is 13.6 Å². The molecule has 2 amide bonds. The number of rotatable bonds is 6. The van der Waals surface area contributed by atoms with E-state index in [4.69, 9.17) is 14.6 Å². The third kappa shape index (κ3) is 4.34. The number of amides is 2. The molecule has 0 spiro atoms. The van der Waals surface area contributed by atoms with Gasteiger partial charge in [0.2, 0.25) is 0 Å². The fraction of sp³-hybridized carbons (Fsp3) is 0.385. The second-order valence-corrected chi connectivity index (χ2v) is 4.10. The maximum Gasteiger partial charge on any atom is 0.323 e. The molecule has 0 unspecified atom stereocenters. The van der Waals surface area contributed by atoms with Crippen molar-refractivity contribution in [2.24, 2.45) is 0 Å². The van der Waals surface area contributed by atoms with Crippen LogP contribution in [0.15, 0.2) is 18.2 Å². The summed E-state index contributed by atoms with van der Waals surface area (Å²) in [5, 5.41) is 11.2. The van der Waals surface area contributed by atoms with Gasteiger partial charge in [0.25, 0.3) is 0 Å². The number of carbonyl (C=O) groups is 2. The molecule has 0 bridgehead atoms. The summed E-state index contributed by atoms with van der Waals surface area (Å²) in [5.41, 5.74) is 0.819. The van der Waals surface area contributed by atoms with Crippen LogP contribution in [0.1, 0.15) is 5.56 Å². The van der Waals surface area contributed by atoms with Crippen LogP contribution in [0.3, 0.4) is 0 Å². The van der Waals surface area contributed by atoms with Gasteiger partial charge in [0.1, 0.15) is 6.54 Å². The summed E-state index contributed by atoms with van der Waals surface area (Å²) in [5.74, 6) is 0.109. The van der Waals surface area contributed by atoms with E-state index >= 15 is 0 Å². The van der Waals surface area contributed by atoms with Gasteiger partial charge in [-0.05, 0) is 17.7 Å². The van der Waals surface area contributed by atoms with E-state index in [1.165, 1.54) is 14.2 Å². The van der Waals surface area contributed by atoms with Gasteiger partial charge in [-0.3, -0.25) is 4.79 Å². The standard InChI is InChI=1S/C13H18N2O5/c1-15(8-12(16)17)13(18)14-7-9-4-5-10(19-2)11(6-9)20-3/h4-6H,7-8H2,1-3H3,(H,14,18)(H,16,17). The second-order valence-electron chi connectivity index (χ2n) is 4.10. The molecule has 1 rings (SSSR count). The molecule has 0 aromatic heterocycles. The van der Waals surface area contributed by atoms with Crippen LogP contribution in [0.2, 0.25) is 0 Å². The number of hydrogen-bond donors (Lipinski definition) is 2. The number of carboxylic acids is 1. The highest BCUT2D eigenvalue weighted by atomic mass is 16.5. The summed E-state index contributed by atoms with van der Waals surface area (Å²) < 4.78 is 10.3. The first-order chi connectivity index (χ1) is 9.47. The normalized spacial score (nSPS) is 9.75. The number of nitrogens with one attached hydrogen (secondary N) is 1. The van der Waals surface area contributed by atoms with E-state index in [9.17, 15) is 9.59 Å². The maximum atomic E-state index is 11.6. The van der Waals surface area contributed by atoms with Crippen LogP contribution in [-0.2, 0) is 11.3 Å². The minimum absolute atomic E-state index is 0.267. The zero-order chi connectivity index (χ0) is 15.1. The van der Waals surface area contributed by atoms with E-state index in [1.54, 1.807) is 25.3 Å². The smallest absolute Gasteiger partial charge is 0.323 e. The van der Waals surface area contributed by atoms with Crippen molar-refractivity contribution in [2.45, 2.75) is 6.54 Å².